The quantitative estimate of drug-likeness (QED) is 0.340. The van der Waals surface area contributed by atoms with Gasteiger partial charge in [-0.2, -0.15) is 0 Å². The van der Waals surface area contributed by atoms with Crippen LogP contribution >= 0.6 is 0 Å². The van der Waals surface area contributed by atoms with Crippen molar-refractivity contribution in [3.05, 3.63) is 71.9 Å². The highest BCUT2D eigenvalue weighted by Crippen LogP contribution is 2.43. The molecule has 0 bridgehead atoms. The van der Waals surface area contributed by atoms with Crippen molar-refractivity contribution < 1.29 is 24.0 Å². The average molecular weight is 569 g/mol. The number of rotatable bonds is 9. The number of benzene rings is 2. The Morgan fingerprint density at radius 3 is 2.50 bits per heavy atom. The number of aromatic nitrogens is 1. The number of likely N-dealkylation sites (tertiary alicyclic amines) is 1. The number of para-hydroxylation sites is 1. The zero-order valence-corrected chi connectivity index (χ0v) is 23.5. The van der Waals surface area contributed by atoms with Gasteiger partial charge in [-0.15, -0.1) is 0 Å². The molecule has 3 aromatic rings. The van der Waals surface area contributed by atoms with E-state index in [1.54, 1.807) is 11.0 Å². The molecule has 5 atom stereocenters. The van der Waals surface area contributed by atoms with Gasteiger partial charge in [-0.25, -0.2) is 0 Å². The minimum Gasteiger partial charge on any atom is -0.351 e. The standard InChI is InChI=1S/C33H36N4O5/c38-28-15-7-11-22(28)17-26(30(39)32(41)34-18-20-8-2-1-3-9-20)36-31(40)29-24-13-6-12-23(24)19-37(29)33(42)27-16-21-10-4-5-14-25(21)35-27/h1-5,8-10,14,16,22-24,26,29,35H,6-7,11-13,15,17-19H2,(H,34,41)(H,36,40). The molecule has 2 aliphatic carbocycles. The van der Waals surface area contributed by atoms with Gasteiger partial charge >= 0.3 is 0 Å². The lowest BCUT2D eigenvalue weighted by atomic mass is 9.91. The van der Waals surface area contributed by atoms with Crippen molar-refractivity contribution in [3.8, 4) is 0 Å². The summed E-state index contributed by atoms with van der Waals surface area (Å²) in [6.07, 6.45) is 4.62. The zero-order valence-electron chi connectivity index (χ0n) is 23.5. The maximum atomic E-state index is 14.0. The number of carbonyl (C=O) groups excluding carboxylic acids is 5. The minimum absolute atomic E-state index is 0.0194. The smallest absolute Gasteiger partial charge is 0.289 e. The largest absolute Gasteiger partial charge is 0.351 e. The molecule has 3 fully saturated rings. The molecular formula is C33H36N4O5. The summed E-state index contributed by atoms with van der Waals surface area (Å²) in [6, 6.07) is 16.8. The highest BCUT2D eigenvalue weighted by molar-refractivity contribution is 6.38. The molecule has 3 N–H and O–H groups in total. The van der Waals surface area contributed by atoms with E-state index in [1.165, 1.54) is 0 Å². The third kappa shape index (κ3) is 5.60. The molecule has 0 spiro atoms. The van der Waals surface area contributed by atoms with E-state index >= 15 is 0 Å². The number of aromatic amines is 1. The van der Waals surface area contributed by atoms with E-state index in [0.29, 0.717) is 25.1 Å². The number of hydrogen-bond acceptors (Lipinski definition) is 5. The van der Waals surface area contributed by atoms with Gasteiger partial charge in [0, 0.05) is 36.3 Å². The summed E-state index contributed by atoms with van der Waals surface area (Å²) in [5.41, 5.74) is 2.10. The van der Waals surface area contributed by atoms with Crippen LogP contribution in [0.3, 0.4) is 0 Å². The van der Waals surface area contributed by atoms with Crippen LogP contribution in [0, 0.1) is 17.8 Å². The fourth-order valence-corrected chi connectivity index (χ4v) is 7.13. The molecule has 5 unspecified atom stereocenters. The van der Waals surface area contributed by atoms with Crippen molar-refractivity contribution in [2.45, 2.75) is 63.6 Å². The first-order valence-electron chi connectivity index (χ1n) is 15.0. The maximum Gasteiger partial charge on any atom is 0.289 e. The molecule has 0 radical (unpaired) electrons. The van der Waals surface area contributed by atoms with Crippen LogP contribution in [0.5, 0.6) is 0 Å². The molecule has 2 saturated carbocycles. The predicted octanol–water partition coefficient (Wildman–Crippen LogP) is 3.54. The lowest BCUT2D eigenvalue weighted by molar-refractivity contribution is -0.141. The monoisotopic (exact) mass is 568 g/mol. The van der Waals surface area contributed by atoms with Crippen molar-refractivity contribution in [2.24, 2.45) is 17.8 Å². The first kappa shape index (κ1) is 27.9. The van der Waals surface area contributed by atoms with E-state index < -0.39 is 29.7 Å². The van der Waals surface area contributed by atoms with E-state index in [9.17, 15) is 24.0 Å². The summed E-state index contributed by atoms with van der Waals surface area (Å²) < 4.78 is 0. The Hall–Kier alpha value is -4.27. The second kappa shape index (κ2) is 11.9. The second-order valence-corrected chi connectivity index (χ2v) is 11.9. The lowest BCUT2D eigenvalue weighted by Gasteiger charge is -2.29. The number of nitrogens with zero attached hydrogens (tertiary/aromatic N) is 1. The summed E-state index contributed by atoms with van der Waals surface area (Å²) in [7, 11) is 0. The number of Topliss-reactive ketones (excluding diaryl/α,β-unsaturated/α-hetero) is 2. The number of carbonyl (C=O) groups is 5. The van der Waals surface area contributed by atoms with Crippen LogP contribution in [-0.2, 0) is 25.7 Å². The Morgan fingerprint density at radius 2 is 1.74 bits per heavy atom. The molecule has 6 rings (SSSR count). The Labute approximate surface area is 244 Å². The summed E-state index contributed by atoms with van der Waals surface area (Å²) in [5.74, 6) is -2.40. The molecule has 218 valence electrons. The molecule has 2 aromatic carbocycles. The fraction of sp³-hybridized carbons (Fsp3) is 0.424. The van der Waals surface area contributed by atoms with E-state index in [2.05, 4.69) is 15.6 Å². The van der Waals surface area contributed by atoms with Gasteiger partial charge in [0.15, 0.2) is 0 Å². The Kier molecular flexibility index (Phi) is 7.91. The number of ketones is 2. The maximum absolute atomic E-state index is 14.0. The molecule has 3 amide bonds. The molecular weight excluding hydrogens is 532 g/mol. The summed E-state index contributed by atoms with van der Waals surface area (Å²) in [4.78, 5) is 71.5. The predicted molar refractivity (Wildman–Crippen MR) is 156 cm³/mol. The van der Waals surface area contributed by atoms with Crippen LogP contribution in [0.2, 0.25) is 0 Å². The van der Waals surface area contributed by atoms with Gasteiger partial charge in [0.25, 0.3) is 11.8 Å². The van der Waals surface area contributed by atoms with Gasteiger partial charge in [-0.3, -0.25) is 24.0 Å². The van der Waals surface area contributed by atoms with Crippen molar-refractivity contribution in [1.29, 1.82) is 0 Å². The van der Waals surface area contributed by atoms with Crippen LogP contribution in [0.25, 0.3) is 10.9 Å². The normalized spacial score (nSPS) is 24.0. The van der Waals surface area contributed by atoms with E-state index in [0.717, 1.165) is 42.1 Å². The lowest BCUT2D eigenvalue weighted by Crippen LogP contribution is -2.55. The first-order valence-corrected chi connectivity index (χ1v) is 15.0. The summed E-state index contributed by atoms with van der Waals surface area (Å²) in [6.45, 7) is 0.641. The van der Waals surface area contributed by atoms with Crippen molar-refractivity contribution in [2.75, 3.05) is 6.54 Å². The molecule has 1 aliphatic heterocycles. The first-order chi connectivity index (χ1) is 20.4. The SMILES string of the molecule is O=C(NCc1ccccc1)C(=O)C(CC1CCCC1=O)NC(=O)C1C2CCCC2CN1C(=O)c1cc2ccccc2[nH]1. The van der Waals surface area contributed by atoms with Gasteiger partial charge in [0.05, 0.1) is 6.04 Å². The Bertz CT molecular complexity index is 1480. The minimum atomic E-state index is -1.15. The van der Waals surface area contributed by atoms with Crippen LogP contribution in [0.1, 0.15) is 61.0 Å². The molecule has 9 heteroatoms. The molecule has 9 nitrogen and oxygen atoms in total. The second-order valence-electron chi connectivity index (χ2n) is 11.9. The van der Waals surface area contributed by atoms with Gasteiger partial charge in [0.2, 0.25) is 11.7 Å². The molecule has 1 aromatic heterocycles. The Balaban J connectivity index is 1.22. The number of amides is 3. The number of H-pyrrole nitrogens is 1. The van der Waals surface area contributed by atoms with Crippen molar-refractivity contribution in [3.63, 3.8) is 0 Å². The average Bonchev–Trinajstić information content (AvgIpc) is 3.79. The van der Waals surface area contributed by atoms with Crippen LogP contribution in [0.15, 0.2) is 60.7 Å². The van der Waals surface area contributed by atoms with Crippen LogP contribution in [-0.4, -0.2) is 57.8 Å². The van der Waals surface area contributed by atoms with Crippen LogP contribution < -0.4 is 10.6 Å². The molecule has 1 saturated heterocycles. The van der Waals surface area contributed by atoms with Crippen molar-refractivity contribution >= 4 is 40.2 Å². The highest BCUT2D eigenvalue weighted by Gasteiger charge is 2.50. The summed E-state index contributed by atoms with van der Waals surface area (Å²) >= 11 is 0. The van der Waals surface area contributed by atoms with Gasteiger partial charge < -0.3 is 20.5 Å². The Morgan fingerprint density at radius 1 is 0.952 bits per heavy atom. The third-order valence-corrected chi connectivity index (χ3v) is 9.28. The van der Waals surface area contributed by atoms with Gasteiger partial charge in [-0.05, 0) is 61.6 Å². The summed E-state index contributed by atoms with van der Waals surface area (Å²) in [5, 5.41) is 6.43. The van der Waals surface area contributed by atoms with Gasteiger partial charge in [-0.1, -0.05) is 55.0 Å². The third-order valence-electron chi connectivity index (χ3n) is 9.28. The van der Waals surface area contributed by atoms with E-state index in [4.69, 9.17) is 0 Å². The van der Waals surface area contributed by atoms with Gasteiger partial charge in [0.1, 0.15) is 17.5 Å². The molecule has 2 heterocycles. The van der Waals surface area contributed by atoms with Crippen molar-refractivity contribution in [1.82, 2.24) is 20.5 Å². The fourth-order valence-electron chi connectivity index (χ4n) is 7.13. The zero-order chi connectivity index (χ0) is 29.2. The van der Waals surface area contributed by atoms with E-state index in [-0.39, 0.29) is 42.4 Å². The van der Waals surface area contributed by atoms with E-state index in [1.807, 2.05) is 54.6 Å². The van der Waals surface area contributed by atoms with Crippen LogP contribution in [0.4, 0.5) is 0 Å². The number of hydrogen-bond donors (Lipinski definition) is 3. The topological polar surface area (TPSA) is 128 Å². The molecule has 3 aliphatic rings. The number of nitrogens with one attached hydrogen (secondary N) is 3. The molecule has 42 heavy (non-hydrogen) atoms. The number of fused-ring (bicyclic) bond motifs is 2. The highest BCUT2D eigenvalue weighted by atomic mass is 16.2.